The molecule has 4 N–H and O–H groups in total. The quantitative estimate of drug-likeness (QED) is 0.0231. The van der Waals surface area contributed by atoms with E-state index < -0.39 is 57.7 Å². The maximum atomic E-state index is 12.6. The van der Waals surface area contributed by atoms with E-state index in [1.165, 1.54) is 77.0 Å². The lowest BCUT2D eigenvalue weighted by molar-refractivity contribution is -0.161. The Hall–Kier alpha value is -3.34. The lowest BCUT2D eigenvalue weighted by Crippen LogP contribution is -2.34. The van der Waals surface area contributed by atoms with Gasteiger partial charge in [-0.2, -0.15) is 0 Å². The van der Waals surface area contributed by atoms with Gasteiger partial charge in [-0.1, -0.05) is 163 Å². The third kappa shape index (κ3) is 41.4. The zero-order chi connectivity index (χ0) is 44.2. The molecule has 0 heterocycles. The second kappa shape index (κ2) is 42.4. The van der Waals surface area contributed by atoms with Crippen LogP contribution in [0.25, 0.3) is 0 Å². The molecule has 0 saturated carbocycles. The van der Waals surface area contributed by atoms with Gasteiger partial charge in [-0.15, -0.1) is 0 Å². The van der Waals surface area contributed by atoms with E-state index in [4.69, 9.17) is 24.8 Å². The van der Waals surface area contributed by atoms with E-state index in [1.807, 2.05) is 24.3 Å². The zero-order valence-electron chi connectivity index (χ0n) is 37.0. The van der Waals surface area contributed by atoms with E-state index in [0.29, 0.717) is 25.7 Å². The Balaban J connectivity index is 4.55. The zero-order valence-corrected chi connectivity index (χ0v) is 37.9. The number of hydrogen-bond acceptors (Lipinski definition) is 9. The Kier molecular flexibility index (Phi) is 40.0. The smallest absolute Gasteiger partial charge is 0.472 e. The fourth-order valence-electron chi connectivity index (χ4n) is 5.56. The van der Waals surface area contributed by atoms with Gasteiger partial charge in [-0.25, -0.2) is 4.57 Å². The highest BCUT2D eigenvalue weighted by Gasteiger charge is 2.28. The highest BCUT2D eigenvalue weighted by atomic mass is 31.2. The minimum absolute atomic E-state index is 0.0249. The van der Waals surface area contributed by atoms with Crippen LogP contribution in [0, 0.1) is 0 Å². The number of phosphoric ester groups is 1. The van der Waals surface area contributed by atoms with E-state index in [-0.39, 0.29) is 12.8 Å². The highest BCUT2D eigenvalue weighted by molar-refractivity contribution is 7.47. The summed E-state index contributed by atoms with van der Waals surface area (Å²) in [5, 5.41) is 8.89. The van der Waals surface area contributed by atoms with Crippen LogP contribution in [-0.2, 0) is 37.5 Å². The second-order valence-corrected chi connectivity index (χ2v) is 16.3. The molecule has 0 aliphatic rings. The predicted octanol–water partition coefficient (Wildman–Crippen LogP) is 12.3. The summed E-state index contributed by atoms with van der Waals surface area (Å²) in [6.07, 6.45) is 52.4. The number of carbonyl (C=O) groups excluding carboxylic acids is 2. The minimum atomic E-state index is -4.75. The third-order valence-corrected chi connectivity index (χ3v) is 10.1. The number of allylic oxidation sites excluding steroid dienone is 14. The molecule has 0 aromatic heterocycles. The molecular weight excluding hydrogens is 781 g/mol. The number of aliphatic carboxylic acids is 1. The summed E-state index contributed by atoms with van der Waals surface area (Å²) in [6.45, 7) is 2.65. The molecule has 0 fully saturated rings. The van der Waals surface area contributed by atoms with Crippen molar-refractivity contribution in [1.82, 2.24) is 0 Å². The molecule has 0 aliphatic carbocycles. The average Bonchev–Trinajstić information content (AvgIpc) is 3.22. The molecule has 0 rings (SSSR count). The number of carbonyl (C=O) groups is 3. The predicted molar refractivity (Wildman–Crippen MR) is 244 cm³/mol. The van der Waals surface area contributed by atoms with Crippen LogP contribution in [0.4, 0.5) is 0 Å². The number of rotatable bonds is 41. The molecule has 12 heteroatoms. The van der Waals surface area contributed by atoms with Gasteiger partial charge in [0.25, 0.3) is 0 Å². The van der Waals surface area contributed by atoms with E-state index in [2.05, 4.69) is 79.1 Å². The second-order valence-electron chi connectivity index (χ2n) is 14.8. The van der Waals surface area contributed by atoms with Gasteiger partial charge >= 0.3 is 25.7 Å². The average molecular weight is 862 g/mol. The fourth-order valence-corrected chi connectivity index (χ4v) is 6.33. The highest BCUT2D eigenvalue weighted by Crippen LogP contribution is 2.43. The lowest BCUT2D eigenvalue weighted by atomic mass is 10.1. The first kappa shape index (κ1) is 56.7. The van der Waals surface area contributed by atoms with Gasteiger partial charge < -0.3 is 25.2 Å². The van der Waals surface area contributed by atoms with Crippen LogP contribution < -0.4 is 5.73 Å². The van der Waals surface area contributed by atoms with Crippen molar-refractivity contribution in [1.29, 1.82) is 0 Å². The molecule has 0 bridgehead atoms. The van der Waals surface area contributed by atoms with E-state index >= 15 is 0 Å². The number of carboxylic acid groups (broad SMARTS) is 1. The number of nitrogens with two attached hydrogens (primary N) is 1. The topological polar surface area (TPSA) is 172 Å². The van der Waals surface area contributed by atoms with Crippen molar-refractivity contribution in [3.8, 4) is 0 Å². The number of hydrogen-bond donors (Lipinski definition) is 3. The Morgan fingerprint density at radius 3 is 1.42 bits per heavy atom. The van der Waals surface area contributed by atoms with Crippen molar-refractivity contribution in [3.63, 3.8) is 0 Å². The maximum Gasteiger partial charge on any atom is 0.472 e. The van der Waals surface area contributed by atoms with E-state index in [0.717, 1.165) is 38.5 Å². The van der Waals surface area contributed by atoms with Gasteiger partial charge in [0, 0.05) is 12.8 Å². The van der Waals surface area contributed by atoms with Gasteiger partial charge in [0.15, 0.2) is 6.10 Å². The summed E-state index contributed by atoms with van der Waals surface area (Å²) in [4.78, 5) is 45.9. The number of carboxylic acids is 1. The van der Waals surface area contributed by atoms with Gasteiger partial charge in [0.1, 0.15) is 12.6 Å². The van der Waals surface area contributed by atoms with Crippen LogP contribution >= 0.6 is 7.82 Å². The van der Waals surface area contributed by atoms with E-state index in [1.54, 1.807) is 0 Å². The van der Waals surface area contributed by atoms with Crippen LogP contribution in [-0.4, -0.2) is 59.9 Å². The van der Waals surface area contributed by atoms with Gasteiger partial charge in [0.2, 0.25) is 0 Å². The number of esters is 2. The largest absolute Gasteiger partial charge is 0.480 e. The molecule has 0 spiro atoms. The van der Waals surface area contributed by atoms with Gasteiger partial charge in [-0.05, 0) is 77.0 Å². The molecule has 0 aromatic rings. The lowest BCUT2D eigenvalue weighted by Gasteiger charge is -2.20. The van der Waals surface area contributed by atoms with Crippen LogP contribution in [0.1, 0.15) is 168 Å². The van der Waals surface area contributed by atoms with Gasteiger partial charge in [-0.3, -0.25) is 23.4 Å². The summed E-state index contributed by atoms with van der Waals surface area (Å²) in [7, 11) is -4.75. The number of phosphoric acid groups is 1. The van der Waals surface area contributed by atoms with Crippen molar-refractivity contribution in [2.45, 2.75) is 180 Å². The van der Waals surface area contributed by atoms with Crippen molar-refractivity contribution in [3.05, 3.63) is 85.1 Å². The summed E-state index contributed by atoms with van der Waals surface area (Å²) in [6, 6.07) is -1.54. The number of unbranched alkanes of at least 4 members (excludes halogenated alkanes) is 13. The van der Waals surface area contributed by atoms with Crippen molar-refractivity contribution >= 4 is 25.7 Å². The van der Waals surface area contributed by atoms with E-state index in [9.17, 15) is 23.8 Å². The first-order valence-electron chi connectivity index (χ1n) is 22.6. The molecule has 0 aliphatic heterocycles. The monoisotopic (exact) mass is 862 g/mol. The summed E-state index contributed by atoms with van der Waals surface area (Å²) < 4.78 is 32.6. The molecule has 342 valence electrons. The van der Waals surface area contributed by atoms with Crippen LogP contribution in [0.2, 0.25) is 0 Å². The molecule has 1 unspecified atom stereocenters. The first-order valence-corrected chi connectivity index (χ1v) is 24.1. The fraction of sp³-hybridized carbons (Fsp3) is 0.646. The van der Waals surface area contributed by atoms with Crippen molar-refractivity contribution in [2.75, 3.05) is 19.8 Å². The van der Waals surface area contributed by atoms with Gasteiger partial charge in [0.05, 0.1) is 13.2 Å². The summed E-state index contributed by atoms with van der Waals surface area (Å²) >= 11 is 0. The SMILES string of the molecule is CCCCC/C=C/C/C=C/C/C=C/C/C=C/C/C=C/CCC(=O)O[C@H](COC(=O)CCC/C=C/C/C=C/CCCCCCCCCCC)COP(=O)(O)OC[C@H](N)C(=O)O. The molecule has 3 atom stereocenters. The first-order chi connectivity index (χ1) is 29.1. The Labute approximate surface area is 362 Å². The normalized spacial score (nSPS) is 14.5. The summed E-state index contributed by atoms with van der Waals surface area (Å²) in [5.41, 5.74) is 5.33. The van der Waals surface area contributed by atoms with Crippen LogP contribution in [0.3, 0.4) is 0 Å². The van der Waals surface area contributed by atoms with Crippen molar-refractivity contribution in [2.24, 2.45) is 5.73 Å². The Morgan fingerprint density at radius 2 is 0.917 bits per heavy atom. The van der Waals surface area contributed by atoms with Crippen LogP contribution in [0.5, 0.6) is 0 Å². The Morgan fingerprint density at radius 1 is 0.517 bits per heavy atom. The van der Waals surface area contributed by atoms with Crippen LogP contribution in [0.15, 0.2) is 85.1 Å². The molecule has 0 radical (unpaired) electrons. The number of ether oxygens (including phenoxy) is 2. The standard InChI is InChI=1S/C48H80NO10P/c1-3-5-7-9-11-13-15-17-19-21-22-24-26-28-30-32-34-36-38-40-47(51)59-44(42-57-60(54,55)58-43-45(49)48(52)53)41-56-46(50)39-37-35-33-31-29-27-25-23-20-18-16-14-12-10-8-6-4-2/h11,13,17,19,22,24-25,27-28,30-31,33-34,36,44-45H,3-10,12,14-16,18,20-21,23,26,29,32,35,37-43,49H2,1-2H3,(H,52,53)(H,54,55)/b13-11+,19-17+,24-22+,27-25+,30-28+,33-31+,36-34+/t44-,45+/m1/s1. The molecule has 0 aromatic carbocycles. The minimum Gasteiger partial charge on any atom is -0.480 e. The maximum absolute atomic E-state index is 12.6. The van der Waals surface area contributed by atoms with Crippen molar-refractivity contribution < 1.29 is 47.5 Å². The Bertz CT molecular complexity index is 1340. The molecule has 0 amide bonds. The molecule has 11 nitrogen and oxygen atoms in total. The molecule has 60 heavy (non-hydrogen) atoms. The summed E-state index contributed by atoms with van der Waals surface area (Å²) in [5.74, 6) is -2.55. The third-order valence-electron chi connectivity index (χ3n) is 9.13. The molecular formula is C48H80NO10P. The molecule has 0 saturated heterocycles.